The molecular weight excluding hydrogens is 218 g/mol. The average molecular weight is 230 g/mol. The number of aliphatic hydroxyl groups is 1. The monoisotopic (exact) mass is 229 g/mol. The summed E-state index contributed by atoms with van der Waals surface area (Å²) in [4.78, 5) is 18.9. The van der Waals surface area contributed by atoms with Gasteiger partial charge >= 0.3 is 0 Å². The van der Waals surface area contributed by atoms with Crippen molar-refractivity contribution in [3.63, 3.8) is 0 Å². The van der Waals surface area contributed by atoms with E-state index in [1.54, 1.807) is 6.92 Å². The Bertz CT molecular complexity index is 344. The van der Waals surface area contributed by atoms with Crippen molar-refractivity contribution in [2.24, 2.45) is 0 Å². The van der Waals surface area contributed by atoms with Crippen LogP contribution >= 0.6 is 11.6 Å². The van der Waals surface area contributed by atoms with Gasteiger partial charge in [-0.25, -0.2) is 9.97 Å². The number of halogens is 1. The second-order valence-corrected chi connectivity index (χ2v) is 3.52. The number of carbonyl (C=O) groups excluding carboxylic acids is 1. The molecule has 1 aromatic rings. The van der Waals surface area contributed by atoms with Crippen LogP contribution in [0.1, 0.15) is 23.8 Å². The zero-order valence-corrected chi connectivity index (χ0v) is 9.03. The van der Waals surface area contributed by atoms with Crippen LogP contribution in [0.5, 0.6) is 0 Å². The van der Waals surface area contributed by atoms with Crippen LogP contribution in [-0.2, 0) is 0 Å². The van der Waals surface area contributed by atoms with E-state index in [1.807, 2.05) is 0 Å². The van der Waals surface area contributed by atoms with Gasteiger partial charge in [0.25, 0.3) is 5.91 Å². The van der Waals surface area contributed by atoms with Crippen LogP contribution < -0.4 is 5.32 Å². The number of rotatable bonds is 4. The minimum Gasteiger partial charge on any atom is -0.393 e. The molecule has 1 unspecified atom stereocenters. The number of aliphatic hydroxyl groups excluding tert-OH is 1. The molecule has 0 saturated heterocycles. The van der Waals surface area contributed by atoms with Gasteiger partial charge in [0.05, 0.1) is 11.1 Å². The summed E-state index contributed by atoms with van der Waals surface area (Å²) in [7, 11) is 0. The lowest BCUT2D eigenvalue weighted by molar-refractivity contribution is 0.0940. The molecule has 82 valence electrons. The molecule has 0 aliphatic carbocycles. The van der Waals surface area contributed by atoms with Crippen molar-refractivity contribution < 1.29 is 9.90 Å². The summed E-state index contributed by atoms with van der Waals surface area (Å²) < 4.78 is 0. The van der Waals surface area contributed by atoms with Gasteiger partial charge in [-0.05, 0) is 13.3 Å². The zero-order chi connectivity index (χ0) is 11.3. The molecule has 6 heteroatoms. The van der Waals surface area contributed by atoms with Gasteiger partial charge in [-0.15, -0.1) is 0 Å². The molecule has 0 saturated carbocycles. The molecule has 0 bridgehead atoms. The summed E-state index contributed by atoms with van der Waals surface area (Å²) in [5.41, 5.74) is 0.150. The Labute approximate surface area is 92.5 Å². The Morgan fingerprint density at radius 2 is 2.47 bits per heavy atom. The first-order valence-electron chi connectivity index (χ1n) is 4.53. The van der Waals surface area contributed by atoms with Gasteiger partial charge in [-0.3, -0.25) is 4.79 Å². The molecule has 1 aromatic heterocycles. The molecule has 0 radical (unpaired) electrons. The third kappa shape index (κ3) is 3.81. The van der Waals surface area contributed by atoms with E-state index < -0.39 is 6.10 Å². The summed E-state index contributed by atoms with van der Waals surface area (Å²) in [5, 5.41) is 11.8. The van der Waals surface area contributed by atoms with Gasteiger partial charge < -0.3 is 10.4 Å². The van der Waals surface area contributed by atoms with Crippen LogP contribution in [-0.4, -0.2) is 33.6 Å². The summed E-state index contributed by atoms with van der Waals surface area (Å²) in [6.07, 6.45) is 2.67. The van der Waals surface area contributed by atoms with E-state index in [9.17, 15) is 4.79 Å². The standard InChI is InChI=1S/C9H12ClN3O2/c1-6(14)2-3-12-9(15)8-7(10)4-11-5-13-8/h4-6,14H,2-3H2,1H3,(H,12,15). The number of carbonyl (C=O) groups is 1. The highest BCUT2D eigenvalue weighted by atomic mass is 35.5. The molecule has 2 N–H and O–H groups in total. The molecule has 1 heterocycles. The van der Waals surface area contributed by atoms with Crippen LogP contribution in [0, 0.1) is 0 Å². The quantitative estimate of drug-likeness (QED) is 0.794. The molecule has 0 aromatic carbocycles. The van der Waals surface area contributed by atoms with Crippen molar-refractivity contribution in [1.29, 1.82) is 0 Å². The van der Waals surface area contributed by atoms with Crippen molar-refractivity contribution in [3.05, 3.63) is 23.2 Å². The predicted molar refractivity (Wildman–Crippen MR) is 55.7 cm³/mol. The Morgan fingerprint density at radius 1 is 1.73 bits per heavy atom. The first kappa shape index (κ1) is 11.9. The fraction of sp³-hybridized carbons (Fsp3) is 0.444. The second-order valence-electron chi connectivity index (χ2n) is 3.11. The lowest BCUT2D eigenvalue weighted by atomic mass is 10.3. The maximum atomic E-state index is 11.5. The Morgan fingerprint density at radius 3 is 3.07 bits per heavy atom. The van der Waals surface area contributed by atoms with Gasteiger partial charge in [-0.2, -0.15) is 0 Å². The molecule has 0 aliphatic rings. The van der Waals surface area contributed by atoms with Crippen molar-refractivity contribution in [2.45, 2.75) is 19.4 Å². The lowest BCUT2D eigenvalue weighted by Crippen LogP contribution is -2.27. The SMILES string of the molecule is CC(O)CCNC(=O)c1ncncc1Cl. The van der Waals surface area contributed by atoms with Crippen molar-refractivity contribution in [1.82, 2.24) is 15.3 Å². The number of nitrogens with one attached hydrogen (secondary N) is 1. The predicted octanol–water partition coefficient (Wildman–Crippen LogP) is 0.631. The number of aromatic nitrogens is 2. The number of hydrogen-bond donors (Lipinski definition) is 2. The summed E-state index contributed by atoms with van der Waals surface area (Å²) >= 11 is 5.73. The number of nitrogens with zero attached hydrogens (tertiary/aromatic N) is 2. The normalized spacial score (nSPS) is 12.2. The third-order valence-electron chi connectivity index (χ3n) is 1.73. The van der Waals surface area contributed by atoms with Gasteiger partial charge in [0.15, 0.2) is 0 Å². The van der Waals surface area contributed by atoms with Crippen LogP contribution in [0.15, 0.2) is 12.5 Å². The summed E-state index contributed by atoms with van der Waals surface area (Å²) in [6, 6.07) is 0. The van der Waals surface area contributed by atoms with Gasteiger partial charge in [0.2, 0.25) is 0 Å². The highest BCUT2D eigenvalue weighted by Gasteiger charge is 2.11. The molecular formula is C9H12ClN3O2. The molecule has 1 rings (SSSR count). The van der Waals surface area contributed by atoms with Gasteiger partial charge in [0, 0.05) is 12.7 Å². The highest BCUT2D eigenvalue weighted by Crippen LogP contribution is 2.09. The van der Waals surface area contributed by atoms with E-state index >= 15 is 0 Å². The van der Waals surface area contributed by atoms with E-state index in [1.165, 1.54) is 12.5 Å². The highest BCUT2D eigenvalue weighted by molar-refractivity contribution is 6.33. The fourth-order valence-corrected chi connectivity index (χ4v) is 1.15. The van der Waals surface area contributed by atoms with Crippen LogP contribution in [0.2, 0.25) is 5.02 Å². The van der Waals surface area contributed by atoms with E-state index in [-0.39, 0.29) is 16.6 Å². The molecule has 0 fully saturated rings. The topological polar surface area (TPSA) is 75.1 Å². The van der Waals surface area contributed by atoms with E-state index in [0.717, 1.165) is 0 Å². The van der Waals surface area contributed by atoms with Crippen LogP contribution in [0.25, 0.3) is 0 Å². The summed E-state index contributed by atoms with van der Waals surface area (Å²) in [5.74, 6) is -0.358. The minimum atomic E-state index is -0.439. The third-order valence-corrected chi connectivity index (χ3v) is 2.01. The molecule has 0 spiro atoms. The number of hydrogen-bond acceptors (Lipinski definition) is 4. The molecule has 1 amide bonds. The second kappa shape index (κ2) is 5.63. The Hall–Kier alpha value is -1.20. The van der Waals surface area contributed by atoms with E-state index in [4.69, 9.17) is 16.7 Å². The van der Waals surface area contributed by atoms with E-state index in [2.05, 4.69) is 15.3 Å². The van der Waals surface area contributed by atoms with Crippen LogP contribution in [0.4, 0.5) is 0 Å². The van der Waals surface area contributed by atoms with Gasteiger partial charge in [0.1, 0.15) is 12.0 Å². The summed E-state index contributed by atoms with van der Waals surface area (Å²) in [6.45, 7) is 2.04. The molecule has 0 aliphatic heterocycles. The average Bonchev–Trinajstić information content (AvgIpc) is 2.17. The lowest BCUT2D eigenvalue weighted by Gasteiger charge is -2.06. The largest absolute Gasteiger partial charge is 0.393 e. The van der Waals surface area contributed by atoms with Gasteiger partial charge in [-0.1, -0.05) is 11.6 Å². The first-order chi connectivity index (χ1) is 7.11. The maximum absolute atomic E-state index is 11.5. The smallest absolute Gasteiger partial charge is 0.271 e. The number of amides is 1. The maximum Gasteiger partial charge on any atom is 0.271 e. The fourth-order valence-electron chi connectivity index (χ4n) is 0.958. The van der Waals surface area contributed by atoms with Crippen LogP contribution in [0.3, 0.4) is 0 Å². The first-order valence-corrected chi connectivity index (χ1v) is 4.91. The Kier molecular flexibility index (Phi) is 4.45. The van der Waals surface area contributed by atoms with Crippen molar-refractivity contribution >= 4 is 17.5 Å². The minimum absolute atomic E-state index is 0.150. The molecule has 1 atom stereocenters. The molecule has 5 nitrogen and oxygen atoms in total. The van der Waals surface area contributed by atoms with Crippen molar-refractivity contribution in [2.75, 3.05) is 6.54 Å². The Balaban J connectivity index is 2.51. The zero-order valence-electron chi connectivity index (χ0n) is 8.27. The molecule has 15 heavy (non-hydrogen) atoms. The van der Waals surface area contributed by atoms with Crippen molar-refractivity contribution in [3.8, 4) is 0 Å². The van der Waals surface area contributed by atoms with E-state index in [0.29, 0.717) is 13.0 Å².